The monoisotopic (exact) mass is 499 g/mol. The van der Waals surface area contributed by atoms with Crippen LogP contribution < -0.4 is 15.5 Å². The standard InChI is InChI=1S/C20H29N5S.HI/c1-4-21-20(22-13-19-23-15(2)16(3)26-19)24-17-9-8-12-25(14-17)18-10-6-5-7-11-18;/h5-7,10-11,17H,4,8-9,12-14H2,1-3H3,(H2,21,22,24);1H. The van der Waals surface area contributed by atoms with E-state index in [9.17, 15) is 0 Å². The van der Waals surface area contributed by atoms with E-state index in [0.717, 1.165) is 36.3 Å². The number of rotatable bonds is 5. The molecule has 0 saturated carbocycles. The Kier molecular flexibility index (Phi) is 8.82. The number of para-hydroxylation sites is 1. The minimum absolute atomic E-state index is 0. The molecule has 1 aliphatic heterocycles. The molecule has 148 valence electrons. The van der Waals surface area contributed by atoms with Crippen LogP contribution in [0.25, 0.3) is 0 Å². The normalized spacial score (nSPS) is 17.4. The summed E-state index contributed by atoms with van der Waals surface area (Å²) in [5.74, 6) is 0.887. The second-order valence-corrected chi connectivity index (χ2v) is 8.00. The topological polar surface area (TPSA) is 52.6 Å². The zero-order valence-corrected chi connectivity index (χ0v) is 19.5. The summed E-state index contributed by atoms with van der Waals surface area (Å²) in [5, 5.41) is 8.07. The Bertz CT molecular complexity index is 712. The number of hydrogen-bond acceptors (Lipinski definition) is 4. The van der Waals surface area contributed by atoms with Gasteiger partial charge in [0.05, 0.1) is 12.2 Å². The average molecular weight is 499 g/mol. The fourth-order valence-electron chi connectivity index (χ4n) is 3.24. The van der Waals surface area contributed by atoms with Crippen LogP contribution in [0.5, 0.6) is 0 Å². The molecule has 1 atom stereocenters. The van der Waals surface area contributed by atoms with Crippen LogP contribution in [0.1, 0.15) is 35.3 Å². The van der Waals surface area contributed by atoms with Gasteiger partial charge >= 0.3 is 0 Å². The number of halogens is 1. The Balaban J connectivity index is 0.00000261. The van der Waals surface area contributed by atoms with E-state index < -0.39 is 0 Å². The number of nitrogens with zero attached hydrogens (tertiary/aromatic N) is 3. The number of aryl methyl sites for hydroxylation is 2. The first-order chi connectivity index (χ1) is 12.7. The van der Waals surface area contributed by atoms with Gasteiger partial charge in [-0.2, -0.15) is 0 Å². The molecule has 0 spiro atoms. The molecule has 1 fully saturated rings. The predicted octanol–water partition coefficient (Wildman–Crippen LogP) is 4.10. The third-order valence-corrected chi connectivity index (χ3v) is 5.73. The van der Waals surface area contributed by atoms with E-state index in [-0.39, 0.29) is 24.0 Å². The molecule has 27 heavy (non-hydrogen) atoms. The van der Waals surface area contributed by atoms with Gasteiger partial charge in [0.15, 0.2) is 5.96 Å². The highest BCUT2D eigenvalue weighted by Gasteiger charge is 2.20. The number of anilines is 1. The lowest BCUT2D eigenvalue weighted by Gasteiger charge is -2.35. The van der Waals surface area contributed by atoms with Crippen LogP contribution >= 0.6 is 35.3 Å². The second-order valence-electron chi connectivity index (χ2n) is 6.71. The Morgan fingerprint density at radius 1 is 1.30 bits per heavy atom. The number of thiazole rings is 1. The molecule has 0 amide bonds. The van der Waals surface area contributed by atoms with Crippen molar-refractivity contribution in [2.45, 2.75) is 46.2 Å². The van der Waals surface area contributed by atoms with Gasteiger partial charge in [-0.25, -0.2) is 9.98 Å². The van der Waals surface area contributed by atoms with Crippen molar-refractivity contribution in [2.24, 2.45) is 4.99 Å². The molecule has 2 N–H and O–H groups in total. The summed E-state index contributed by atoms with van der Waals surface area (Å²) in [6, 6.07) is 11.1. The zero-order valence-electron chi connectivity index (χ0n) is 16.4. The van der Waals surface area contributed by atoms with Gasteiger partial charge in [0, 0.05) is 36.2 Å². The summed E-state index contributed by atoms with van der Waals surface area (Å²) in [7, 11) is 0. The largest absolute Gasteiger partial charge is 0.369 e. The lowest BCUT2D eigenvalue weighted by molar-refractivity contribution is 0.468. The molecule has 1 unspecified atom stereocenters. The van der Waals surface area contributed by atoms with Crippen LogP contribution in [0.15, 0.2) is 35.3 Å². The van der Waals surface area contributed by atoms with E-state index >= 15 is 0 Å². The number of hydrogen-bond donors (Lipinski definition) is 2. The van der Waals surface area contributed by atoms with E-state index in [4.69, 9.17) is 4.99 Å². The summed E-state index contributed by atoms with van der Waals surface area (Å²) in [6.07, 6.45) is 2.36. The molecule has 0 radical (unpaired) electrons. The van der Waals surface area contributed by atoms with Gasteiger partial charge in [-0.1, -0.05) is 18.2 Å². The van der Waals surface area contributed by atoms with Crippen LogP contribution in [-0.4, -0.2) is 36.6 Å². The SMILES string of the molecule is CCNC(=NCc1nc(C)c(C)s1)NC1CCCN(c2ccccc2)C1.I. The average Bonchev–Trinajstić information content (AvgIpc) is 2.99. The Hall–Kier alpha value is -1.35. The molecule has 0 bridgehead atoms. The van der Waals surface area contributed by atoms with E-state index in [1.807, 2.05) is 0 Å². The van der Waals surface area contributed by atoms with Gasteiger partial charge < -0.3 is 15.5 Å². The highest BCUT2D eigenvalue weighted by Crippen LogP contribution is 2.20. The summed E-state index contributed by atoms with van der Waals surface area (Å²) < 4.78 is 0. The summed E-state index contributed by atoms with van der Waals surface area (Å²) in [6.45, 7) is 9.89. The lowest BCUT2D eigenvalue weighted by atomic mass is 10.1. The predicted molar refractivity (Wildman–Crippen MR) is 127 cm³/mol. The third kappa shape index (κ3) is 6.34. The van der Waals surface area contributed by atoms with Gasteiger partial charge in [0.25, 0.3) is 0 Å². The van der Waals surface area contributed by atoms with Gasteiger partial charge in [-0.15, -0.1) is 35.3 Å². The van der Waals surface area contributed by atoms with Crippen LogP contribution in [0.2, 0.25) is 0 Å². The van der Waals surface area contributed by atoms with Crippen LogP contribution in [-0.2, 0) is 6.54 Å². The Morgan fingerprint density at radius 3 is 2.74 bits per heavy atom. The smallest absolute Gasteiger partial charge is 0.191 e. The zero-order chi connectivity index (χ0) is 18.4. The van der Waals surface area contributed by atoms with Gasteiger partial charge in [-0.3, -0.25) is 0 Å². The number of nitrogens with one attached hydrogen (secondary N) is 2. The van der Waals surface area contributed by atoms with E-state index in [1.54, 1.807) is 11.3 Å². The second kappa shape index (κ2) is 10.8. The molecule has 1 aliphatic rings. The van der Waals surface area contributed by atoms with Crippen LogP contribution in [0, 0.1) is 13.8 Å². The van der Waals surface area contributed by atoms with Gasteiger partial charge in [0.1, 0.15) is 5.01 Å². The fraction of sp³-hybridized carbons (Fsp3) is 0.500. The van der Waals surface area contributed by atoms with Gasteiger partial charge in [-0.05, 0) is 45.7 Å². The van der Waals surface area contributed by atoms with E-state index in [1.165, 1.54) is 23.4 Å². The summed E-state index contributed by atoms with van der Waals surface area (Å²) in [5.41, 5.74) is 2.42. The maximum absolute atomic E-state index is 4.75. The van der Waals surface area contributed by atoms with Gasteiger partial charge in [0.2, 0.25) is 0 Å². The van der Waals surface area contributed by atoms with Crippen molar-refractivity contribution in [3.05, 3.63) is 45.9 Å². The molecular formula is C20H30IN5S. The molecule has 0 aliphatic carbocycles. The van der Waals surface area contributed by atoms with Crippen molar-refractivity contribution in [2.75, 3.05) is 24.5 Å². The summed E-state index contributed by atoms with van der Waals surface area (Å²) in [4.78, 5) is 13.1. The lowest BCUT2D eigenvalue weighted by Crippen LogP contribution is -2.51. The van der Waals surface area contributed by atoms with E-state index in [2.05, 4.69) is 71.6 Å². The van der Waals surface area contributed by atoms with Crippen LogP contribution in [0.4, 0.5) is 5.69 Å². The third-order valence-electron chi connectivity index (χ3n) is 4.67. The number of aromatic nitrogens is 1. The molecule has 2 heterocycles. The first kappa shape index (κ1) is 21.9. The van der Waals surface area contributed by atoms with Crippen molar-refractivity contribution >= 4 is 47.0 Å². The fourth-order valence-corrected chi connectivity index (χ4v) is 4.09. The molecule has 1 saturated heterocycles. The van der Waals surface area contributed by atoms with Crippen molar-refractivity contribution in [3.63, 3.8) is 0 Å². The number of piperidine rings is 1. The molecule has 3 rings (SSSR count). The number of benzene rings is 1. The number of guanidine groups is 1. The minimum Gasteiger partial charge on any atom is -0.369 e. The highest BCUT2D eigenvalue weighted by atomic mass is 127. The Labute approximate surface area is 183 Å². The minimum atomic E-state index is 0. The maximum Gasteiger partial charge on any atom is 0.191 e. The summed E-state index contributed by atoms with van der Waals surface area (Å²) >= 11 is 1.74. The van der Waals surface area contributed by atoms with Crippen molar-refractivity contribution in [1.82, 2.24) is 15.6 Å². The maximum atomic E-state index is 4.75. The first-order valence-electron chi connectivity index (χ1n) is 9.43. The van der Waals surface area contributed by atoms with E-state index in [0.29, 0.717) is 12.6 Å². The molecule has 1 aromatic heterocycles. The quantitative estimate of drug-likeness (QED) is 0.370. The molecule has 1 aromatic carbocycles. The van der Waals surface area contributed by atoms with Crippen molar-refractivity contribution in [1.29, 1.82) is 0 Å². The van der Waals surface area contributed by atoms with Crippen LogP contribution in [0.3, 0.4) is 0 Å². The molecule has 5 nitrogen and oxygen atoms in total. The molecule has 2 aromatic rings. The molecule has 7 heteroatoms. The van der Waals surface area contributed by atoms with Crippen molar-refractivity contribution < 1.29 is 0 Å². The molecular weight excluding hydrogens is 469 g/mol. The number of aliphatic imine (C=N–C) groups is 1. The first-order valence-corrected chi connectivity index (χ1v) is 10.2. The van der Waals surface area contributed by atoms with Crippen molar-refractivity contribution in [3.8, 4) is 0 Å². The highest BCUT2D eigenvalue weighted by molar-refractivity contribution is 14.0. The Morgan fingerprint density at radius 2 is 2.07 bits per heavy atom.